The van der Waals surface area contributed by atoms with Gasteiger partial charge in [0.1, 0.15) is 11.5 Å². The maximum atomic E-state index is 6.64. The highest BCUT2D eigenvalue weighted by Gasteiger charge is 2.54. The number of rotatable bonds is 6. The molecule has 2 heterocycles. The minimum atomic E-state index is -0.504. The molecule has 344 valence electrons. The van der Waals surface area contributed by atoms with Crippen molar-refractivity contribution in [3.05, 3.63) is 203 Å². The summed E-state index contributed by atoms with van der Waals surface area (Å²) in [5.74, 6) is 6.87. The molecule has 3 atom stereocenters. The standard InChI is InChI=1S/C67H60N2O/c1-42-30-43-14-13-29-65(37-42,38-43)62-36-59(52-19-2-4-22-54(52)66-39-44-31-45(40-66)33-46(32-44)41-66)68-64(69-62)50-18-11-16-48(35-50)47-15-10-17-49(34-47)51-21-12-26-58-63(51)53-20-3-5-23-55(53)67(58)56-24-6-8-27-60(56)70-61-28-9-7-25-57(61)67/h2-12,15-28,34-36,42-46H,13-14,29-33,37-41H2,1H3/t42-,43-,44?,45?,46?,65?,66?/m1/s1. The van der Waals surface area contributed by atoms with E-state index in [0.29, 0.717) is 5.92 Å². The summed E-state index contributed by atoms with van der Waals surface area (Å²) in [6.07, 6.45) is 16.1. The van der Waals surface area contributed by atoms with E-state index in [1.165, 1.54) is 144 Å². The Morgan fingerprint density at radius 3 is 1.73 bits per heavy atom. The molecule has 3 heteroatoms. The zero-order chi connectivity index (χ0) is 46.2. The van der Waals surface area contributed by atoms with Gasteiger partial charge in [-0.3, -0.25) is 0 Å². The summed E-state index contributed by atoms with van der Waals surface area (Å²) in [5.41, 5.74) is 18.7. The van der Waals surface area contributed by atoms with E-state index in [-0.39, 0.29) is 10.8 Å². The molecule has 0 N–H and O–H groups in total. The van der Waals surface area contributed by atoms with Crippen LogP contribution < -0.4 is 4.74 Å². The first-order chi connectivity index (χ1) is 34.4. The Morgan fingerprint density at radius 2 is 1.00 bits per heavy atom. The Bertz CT molecular complexity index is 3330. The van der Waals surface area contributed by atoms with Crippen LogP contribution in [-0.2, 0) is 16.2 Å². The summed E-state index contributed by atoms with van der Waals surface area (Å²) in [7, 11) is 0. The fraction of sp³-hybridized carbons (Fsp3) is 0.313. The van der Waals surface area contributed by atoms with Crippen molar-refractivity contribution in [2.24, 2.45) is 29.6 Å². The highest BCUT2D eigenvalue weighted by atomic mass is 16.5. The van der Waals surface area contributed by atoms with Gasteiger partial charge in [0.05, 0.1) is 16.8 Å². The quantitative estimate of drug-likeness (QED) is 0.167. The average Bonchev–Trinajstić information content (AvgIpc) is 3.70. The number of para-hydroxylation sites is 2. The third-order valence-electron chi connectivity index (χ3n) is 19.0. The van der Waals surface area contributed by atoms with Gasteiger partial charge < -0.3 is 4.74 Å². The van der Waals surface area contributed by atoms with E-state index >= 15 is 0 Å². The summed E-state index contributed by atoms with van der Waals surface area (Å²) in [6.45, 7) is 2.50. The maximum absolute atomic E-state index is 6.64. The van der Waals surface area contributed by atoms with Crippen molar-refractivity contribution >= 4 is 0 Å². The van der Waals surface area contributed by atoms with Crippen molar-refractivity contribution in [2.45, 2.75) is 100 Å². The number of hydrogen-bond donors (Lipinski definition) is 0. The van der Waals surface area contributed by atoms with Crippen molar-refractivity contribution in [2.75, 3.05) is 0 Å². The molecule has 1 unspecified atom stereocenters. The minimum Gasteiger partial charge on any atom is -0.457 e. The van der Waals surface area contributed by atoms with Gasteiger partial charge in [-0.15, -0.1) is 0 Å². The number of benzene rings is 7. The number of nitrogens with zero attached hydrogens (tertiary/aromatic N) is 2. The van der Waals surface area contributed by atoms with Gasteiger partial charge in [0.25, 0.3) is 0 Å². The Labute approximate surface area is 413 Å². The van der Waals surface area contributed by atoms with Crippen LogP contribution in [0.4, 0.5) is 0 Å². The maximum Gasteiger partial charge on any atom is 0.160 e. The van der Waals surface area contributed by atoms with E-state index in [1.54, 1.807) is 5.56 Å². The van der Waals surface area contributed by atoms with E-state index in [2.05, 4.69) is 177 Å². The number of ether oxygens (including phenoxy) is 1. The summed E-state index contributed by atoms with van der Waals surface area (Å²) in [5, 5.41) is 0. The van der Waals surface area contributed by atoms with E-state index in [9.17, 15) is 0 Å². The van der Waals surface area contributed by atoms with Gasteiger partial charge >= 0.3 is 0 Å². The van der Waals surface area contributed by atoms with E-state index < -0.39 is 5.41 Å². The molecule has 6 bridgehead atoms. The van der Waals surface area contributed by atoms with Gasteiger partial charge in [-0.2, -0.15) is 0 Å². The smallest absolute Gasteiger partial charge is 0.160 e. The van der Waals surface area contributed by atoms with Gasteiger partial charge in [-0.05, 0) is 180 Å². The van der Waals surface area contributed by atoms with Crippen molar-refractivity contribution < 1.29 is 4.74 Å². The van der Waals surface area contributed by atoms with Crippen molar-refractivity contribution in [3.63, 3.8) is 0 Å². The van der Waals surface area contributed by atoms with Crippen molar-refractivity contribution in [1.29, 1.82) is 0 Å². The third kappa shape index (κ3) is 6.12. The molecular formula is C67H60N2O. The summed E-state index contributed by atoms with van der Waals surface area (Å²) in [6, 6.07) is 63.6. The molecule has 8 aliphatic rings. The van der Waals surface area contributed by atoms with Crippen molar-refractivity contribution in [1.82, 2.24) is 9.97 Å². The Balaban J connectivity index is 0.859. The fourth-order valence-corrected chi connectivity index (χ4v) is 17.0. The first-order valence-corrected chi connectivity index (χ1v) is 26.7. The first-order valence-electron chi connectivity index (χ1n) is 26.7. The summed E-state index contributed by atoms with van der Waals surface area (Å²) in [4.78, 5) is 11.4. The molecule has 0 amide bonds. The van der Waals surface area contributed by atoms with Crippen LogP contribution in [0.3, 0.4) is 0 Å². The van der Waals surface area contributed by atoms with E-state index in [1.807, 2.05) is 0 Å². The SMILES string of the molecule is C[C@@H]1C[C@H]2CCCC(c3cc(-c4ccccc4C45CC6CC(CC(C6)C4)C5)nc(-c4cccc(-c5cccc(-c6cccc7c6-c6ccccc6C76c7ccccc7Oc7ccccc76)c5)c4)n3)(C1)C2. The molecule has 7 aliphatic carbocycles. The average molecular weight is 909 g/mol. The predicted molar refractivity (Wildman–Crippen MR) is 283 cm³/mol. The molecule has 16 rings (SSSR count). The molecular weight excluding hydrogens is 849 g/mol. The van der Waals surface area contributed by atoms with Gasteiger partial charge in [0.2, 0.25) is 0 Å². The molecule has 0 saturated heterocycles. The van der Waals surface area contributed by atoms with Gasteiger partial charge in [-0.1, -0.05) is 159 Å². The second-order valence-corrected chi connectivity index (χ2v) is 23.3. The normalized spacial score (nSPS) is 27.0. The number of hydrogen-bond acceptors (Lipinski definition) is 3. The van der Waals surface area contributed by atoms with Crippen molar-refractivity contribution in [3.8, 4) is 67.5 Å². The lowest BCUT2D eigenvalue weighted by atomic mass is 9.47. The predicted octanol–water partition coefficient (Wildman–Crippen LogP) is 16.9. The Morgan fingerprint density at radius 1 is 0.443 bits per heavy atom. The largest absolute Gasteiger partial charge is 0.457 e. The molecule has 7 aromatic carbocycles. The summed E-state index contributed by atoms with van der Waals surface area (Å²) < 4.78 is 6.64. The van der Waals surface area contributed by atoms with Crippen LogP contribution in [-0.4, -0.2) is 9.97 Å². The van der Waals surface area contributed by atoms with Gasteiger partial charge in [0, 0.05) is 27.7 Å². The monoisotopic (exact) mass is 908 g/mol. The topological polar surface area (TPSA) is 35.0 Å². The lowest BCUT2D eigenvalue weighted by Gasteiger charge is -2.57. The van der Waals surface area contributed by atoms with Crippen LogP contribution in [0.25, 0.3) is 56.0 Å². The zero-order valence-corrected chi connectivity index (χ0v) is 40.3. The molecule has 6 fully saturated rings. The van der Waals surface area contributed by atoms with Crippen LogP contribution >= 0.6 is 0 Å². The molecule has 1 aliphatic heterocycles. The molecule has 3 nitrogen and oxygen atoms in total. The van der Waals surface area contributed by atoms with Crippen LogP contribution in [0.15, 0.2) is 170 Å². The summed E-state index contributed by atoms with van der Waals surface area (Å²) >= 11 is 0. The van der Waals surface area contributed by atoms with E-state index in [4.69, 9.17) is 14.7 Å². The zero-order valence-electron chi connectivity index (χ0n) is 40.3. The molecule has 0 radical (unpaired) electrons. The van der Waals surface area contributed by atoms with Crippen LogP contribution in [0.2, 0.25) is 0 Å². The van der Waals surface area contributed by atoms with E-state index in [0.717, 1.165) is 52.3 Å². The molecule has 8 aromatic rings. The fourth-order valence-electron chi connectivity index (χ4n) is 17.0. The number of fused-ring (bicyclic) bond motifs is 11. The molecule has 6 saturated carbocycles. The Hall–Kier alpha value is -6.58. The highest BCUT2D eigenvalue weighted by Crippen LogP contribution is 2.64. The van der Waals surface area contributed by atoms with Crippen LogP contribution in [0.5, 0.6) is 11.5 Å². The van der Waals surface area contributed by atoms with Gasteiger partial charge in [0.15, 0.2) is 5.82 Å². The van der Waals surface area contributed by atoms with Gasteiger partial charge in [-0.25, -0.2) is 9.97 Å². The lowest BCUT2D eigenvalue weighted by Crippen LogP contribution is -2.48. The molecule has 70 heavy (non-hydrogen) atoms. The first kappa shape index (κ1) is 41.2. The number of aromatic nitrogens is 2. The van der Waals surface area contributed by atoms with Crippen LogP contribution in [0, 0.1) is 29.6 Å². The molecule has 1 spiro atoms. The van der Waals surface area contributed by atoms with Crippen LogP contribution in [0.1, 0.15) is 117 Å². The molecule has 1 aromatic heterocycles. The minimum absolute atomic E-state index is 0.108. The highest BCUT2D eigenvalue weighted by molar-refractivity contribution is 5.97. The lowest BCUT2D eigenvalue weighted by molar-refractivity contribution is -0.00493. The Kier molecular flexibility index (Phi) is 9.10. The second-order valence-electron chi connectivity index (χ2n) is 23.3. The third-order valence-corrected chi connectivity index (χ3v) is 19.0. The second kappa shape index (κ2) is 15.5.